The van der Waals surface area contributed by atoms with Gasteiger partial charge in [-0.15, -0.1) is 0 Å². The molecule has 0 aliphatic carbocycles. The van der Waals surface area contributed by atoms with Crippen LogP contribution in [0.4, 0.5) is 4.79 Å². The zero-order valence-corrected chi connectivity index (χ0v) is 17.8. The second kappa shape index (κ2) is 9.13. The molecule has 2 heterocycles. The fourth-order valence-electron chi connectivity index (χ4n) is 4.08. The summed E-state index contributed by atoms with van der Waals surface area (Å²) in [7, 11) is 3.17. The van der Waals surface area contributed by atoms with Crippen molar-refractivity contribution in [3.63, 3.8) is 0 Å². The lowest BCUT2D eigenvalue weighted by Gasteiger charge is -2.36. The molecule has 1 N–H and O–H groups in total. The molecule has 0 radical (unpaired) electrons. The molecular weight excluding hydrogens is 400 g/mol. The van der Waals surface area contributed by atoms with E-state index in [0.29, 0.717) is 48.9 Å². The Morgan fingerprint density at radius 3 is 2.13 bits per heavy atom. The molecule has 0 saturated carbocycles. The highest BCUT2D eigenvalue weighted by atomic mass is 16.6. The molecule has 0 spiro atoms. The molecule has 0 aromatic heterocycles. The van der Waals surface area contributed by atoms with Gasteiger partial charge in [-0.25, -0.2) is 4.79 Å². The molecular formula is C23H28N2O6. The summed E-state index contributed by atoms with van der Waals surface area (Å²) in [6.07, 6.45) is -1.43. The summed E-state index contributed by atoms with van der Waals surface area (Å²) >= 11 is 0. The smallest absolute Gasteiger partial charge is 0.413 e. The van der Waals surface area contributed by atoms with Crippen molar-refractivity contribution in [1.82, 2.24) is 9.80 Å². The molecule has 2 aromatic rings. The van der Waals surface area contributed by atoms with E-state index in [1.807, 2.05) is 0 Å². The molecule has 2 atom stereocenters. The number of methoxy groups -OCH3 is 2. The van der Waals surface area contributed by atoms with Crippen molar-refractivity contribution in [2.24, 2.45) is 0 Å². The van der Waals surface area contributed by atoms with Crippen molar-refractivity contribution in [1.29, 1.82) is 0 Å². The molecule has 2 aromatic carbocycles. The Bertz CT molecular complexity index is 882. The fourth-order valence-corrected chi connectivity index (χ4v) is 4.08. The van der Waals surface area contributed by atoms with Crippen molar-refractivity contribution in [2.75, 3.05) is 53.6 Å². The predicted octanol–water partition coefficient (Wildman–Crippen LogP) is 2.37. The molecule has 8 heteroatoms. The van der Waals surface area contributed by atoms with Crippen molar-refractivity contribution >= 4 is 6.09 Å². The van der Waals surface area contributed by atoms with Crippen LogP contribution in [0.3, 0.4) is 0 Å². The Kier molecular flexibility index (Phi) is 6.31. The molecule has 2 aliphatic rings. The Hall–Kier alpha value is -2.81. The number of morpholine rings is 1. The van der Waals surface area contributed by atoms with E-state index in [1.54, 1.807) is 62.8 Å². The van der Waals surface area contributed by atoms with Gasteiger partial charge in [-0.3, -0.25) is 9.80 Å². The van der Waals surface area contributed by atoms with Gasteiger partial charge in [-0.1, -0.05) is 24.3 Å². The summed E-state index contributed by atoms with van der Waals surface area (Å²) < 4.78 is 21.6. The second-order valence-corrected chi connectivity index (χ2v) is 7.60. The number of hydrogen-bond acceptors (Lipinski definition) is 7. The summed E-state index contributed by atoms with van der Waals surface area (Å²) in [5.74, 6) is 1.35. The van der Waals surface area contributed by atoms with Crippen molar-refractivity contribution < 1.29 is 28.8 Å². The predicted molar refractivity (Wildman–Crippen MR) is 113 cm³/mol. The Morgan fingerprint density at radius 2 is 1.55 bits per heavy atom. The maximum atomic E-state index is 12.9. The summed E-state index contributed by atoms with van der Waals surface area (Å²) in [5, 5.41) is 12.0. The number of amides is 1. The van der Waals surface area contributed by atoms with E-state index in [9.17, 15) is 9.90 Å². The first-order valence-electron chi connectivity index (χ1n) is 10.4. The zero-order valence-electron chi connectivity index (χ0n) is 17.8. The van der Waals surface area contributed by atoms with Crippen LogP contribution in [0, 0.1) is 0 Å². The molecule has 0 unspecified atom stereocenters. The van der Waals surface area contributed by atoms with Crippen molar-refractivity contribution in [2.45, 2.75) is 11.8 Å². The maximum Gasteiger partial charge on any atom is 0.413 e. The molecule has 2 fully saturated rings. The minimum absolute atomic E-state index is 0.327. The van der Waals surface area contributed by atoms with E-state index >= 15 is 0 Å². The highest BCUT2D eigenvalue weighted by Gasteiger charge is 2.56. The highest BCUT2D eigenvalue weighted by Crippen LogP contribution is 2.47. The van der Waals surface area contributed by atoms with E-state index in [2.05, 4.69) is 4.90 Å². The van der Waals surface area contributed by atoms with E-state index < -0.39 is 17.9 Å². The third kappa shape index (κ3) is 4.19. The van der Waals surface area contributed by atoms with Crippen molar-refractivity contribution in [3.05, 3.63) is 59.7 Å². The van der Waals surface area contributed by atoms with E-state index in [-0.39, 0.29) is 0 Å². The van der Waals surface area contributed by atoms with Crippen LogP contribution < -0.4 is 9.47 Å². The summed E-state index contributed by atoms with van der Waals surface area (Å²) in [5.41, 5.74) is -0.423. The SMILES string of the molecule is COc1ccc([C@@H]2OC(=O)N(CCN3CCOCC3)[C@@]2(O)c2ccc(OC)cc2)cc1. The maximum absolute atomic E-state index is 12.9. The number of ether oxygens (including phenoxy) is 4. The highest BCUT2D eigenvalue weighted by molar-refractivity contribution is 5.72. The first kappa shape index (κ1) is 21.4. The van der Waals surface area contributed by atoms with E-state index in [0.717, 1.165) is 13.1 Å². The van der Waals surface area contributed by atoms with Crippen LogP contribution in [0.5, 0.6) is 11.5 Å². The lowest BCUT2D eigenvalue weighted by Crippen LogP contribution is -2.49. The lowest BCUT2D eigenvalue weighted by molar-refractivity contribution is -0.112. The number of hydrogen-bond donors (Lipinski definition) is 1. The monoisotopic (exact) mass is 428 g/mol. The molecule has 31 heavy (non-hydrogen) atoms. The molecule has 2 aliphatic heterocycles. The molecule has 1 amide bonds. The first-order chi connectivity index (χ1) is 15.1. The van der Waals surface area contributed by atoms with Crippen LogP contribution in [0.1, 0.15) is 17.2 Å². The summed E-state index contributed by atoms with van der Waals surface area (Å²) in [6, 6.07) is 14.2. The minimum Gasteiger partial charge on any atom is -0.497 e. The fraction of sp³-hybridized carbons (Fsp3) is 0.435. The van der Waals surface area contributed by atoms with Crippen LogP contribution in [-0.4, -0.2) is 74.6 Å². The molecule has 0 bridgehead atoms. The number of rotatable bonds is 7. The normalized spacial score (nSPS) is 24.2. The standard InChI is InChI=1S/C23H28N2O6/c1-28-19-7-3-17(4-8-19)21-23(27,18-5-9-20(29-2)10-6-18)25(22(26)31-21)12-11-24-13-15-30-16-14-24/h3-10,21,27H,11-16H2,1-2H3/t21-,23+/m0/s1. The topological polar surface area (TPSA) is 80.7 Å². The van der Waals surface area contributed by atoms with Gasteiger partial charge in [0.05, 0.1) is 27.4 Å². The van der Waals surface area contributed by atoms with Gasteiger partial charge in [0.15, 0.2) is 6.10 Å². The average Bonchev–Trinajstić information content (AvgIpc) is 3.09. The number of benzene rings is 2. The number of carbonyl (C=O) groups excluding carboxylic acids is 1. The van der Waals surface area contributed by atoms with Crippen molar-refractivity contribution in [3.8, 4) is 11.5 Å². The van der Waals surface area contributed by atoms with Gasteiger partial charge in [-0.2, -0.15) is 0 Å². The van der Waals surface area contributed by atoms with Crippen LogP contribution in [0.2, 0.25) is 0 Å². The summed E-state index contributed by atoms with van der Waals surface area (Å²) in [6.45, 7) is 3.88. The minimum atomic E-state index is -1.66. The van der Waals surface area contributed by atoms with E-state index in [1.165, 1.54) is 4.90 Å². The Labute approximate surface area is 181 Å². The lowest BCUT2D eigenvalue weighted by atomic mass is 9.91. The van der Waals surface area contributed by atoms with Gasteiger partial charge >= 0.3 is 6.09 Å². The van der Waals surface area contributed by atoms with Crippen LogP contribution in [-0.2, 0) is 15.2 Å². The second-order valence-electron chi connectivity index (χ2n) is 7.60. The molecule has 2 saturated heterocycles. The quantitative estimate of drug-likeness (QED) is 0.725. The third-order valence-electron chi connectivity index (χ3n) is 5.89. The average molecular weight is 428 g/mol. The molecule has 166 valence electrons. The Morgan fingerprint density at radius 1 is 0.968 bits per heavy atom. The van der Waals surface area contributed by atoms with Gasteiger partial charge in [0, 0.05) is 31.7 Å². The largest absolute Gasteiger partial charge is 0.497 e. The van der Waals surface area contributed by atoms with Crippen LogP contribution >= 0.6 is 0 Å². The van der Waals surface area contributed by atoms with Gasteiger partial charge in [-0.05, 0) is 29.8 Å². The van der Waals surface area contributed by atoms with Gasteiger partial charge in [0.1, 0.15) is 11.5 Å². The van der Waals surface area contributed by atoms with Gasteiger partial charge in [0.2, 0.25) is 5.72 Å². The van der Waals surface area contributed by atoms with E-state index in [4.69, 9.17) is 18.9 Å². The number of nitrogens with zero attached hydrogens (tertiary/aromatic N) is 2. The number of carbonyl (C=O) groups is 1. The van der Waals surface area contributed by atoms with Gasteiger partial charge < -0.3 is 24.1 Å². The molecule has 8 nitrogen and oxygen atoms in total. The van der Waals surface area contributed by atoms with Crippen LogP contribution in [0.15, 0.2) is 48.5 Å². The number of aliphatic hydroxyl groups is 1. The Balaban J connectivity index is 1.66. The number of cyclic esters (lactones) is 1. The summed E-state index contributed by atoms with van der Waals surface area (Å²) in [4.78, 5) is 16.5. The van der Waals surface area contributed by atoms with Crippen LogP contribution in [0.25, 0.3) is 0 Å². The third-order valence-corrected chi connectivity index (χ3v) is 5.89. The zero-order chi connectivity index (χ0) is 21.8. The van der Waals surface area contributed by atoms with Gasteiger partial charge in [0.25, 0.3) is 0 Å². The first-order valence-corrected chi connectivity index (χ1v) is 10.4. The molecule has 4 rings (SSSR count).